The van der Waals surface area contributed by atoms with Crippen LogP contribution in [0.1, 0.15) is 26.2 Å². The lowest BCUT2D eigenvalue weighted by atomic mass is 9.78. The van der Waals surface area contributed by atoms with Crippen molar-refractivity contribution in [2.75, 3.05) is 6.61 Å². The normalized spacial score (nSPS) is 34.5. The molecule has 0 aromatic heterocycles. The van der Waals surface area contributed by atoms with Crippen LogP contribution in [0, 0.1) is 23.7 Å². The Morgan fingerprint density at radius 1 is 1.32 bits per heavy atom. The van der Waals surface area contributed by atoms with Crippen LogP contribution in [-0.2, 0) is 33.4 Å². The predicted molar refractivity (Wildman–Crippen MR) is 81.0 cm³/mol. The lowest BCUT2D eigenvalue weighted by Gasteiger charge is -2.29. The van der Waals surface area contributed by atoms with Crippen molar-refractivity contribution >= 4 is 23.9 Å². The summed E-state index contributed by atoms with van der Waals surface area (Å²) < 4.78 is 15.6. The summed E-state index contributed by atoms with van der Waals surface area (Å²) in [4.78, 5) is 46.6. The van der Waals surface area contributed by atoms with E-state index in [0.717, 1.165) is 0 Å². The molecule has 2 aliphatic carbocycles. The van der Waals surface area contributed by atoms with Gasteiger partial charge in [0.05, 0.1) is 18.4 Å². The fourth-order valence-corrected chi connectivity index (χ4v) is 4.20. The minimum atomic E-state index is -1.05. The number of aliphatic carboxylic acids is 1. The maximum absolute atomic E-state index is 12.0. The third kappa shape index (κ3) is 3.01. The highest BCUT2D eigenvalue weighted by Gasteiger charge is 2.69. The number of carboxylic acids is 1. The standard InChI is InChI=1S/C17H20O8/c1-7(2)16(21)23-5-3-4-10(18)24-13-8-6-9-12(11(8)15(19)20)17(22)25-14(9)13/h8-9,11-14H,1,3-6H2,2H3,(H,19,20). The van der Waals surface area contributed by atoms with Crippen molar-refractivity contribution in [2.24, 2.45) is 23.7 Å². The summed E-state index contributed by atoms with van der Waals surface area (Å²) in [5.41, 5.74) is 0.280. The van der Waals surface area contributed by atoms with Gasteiger partial charge in [0.1, 0.15) is 12.2 Å². The summed E-state index contributed by atoms with van der Waals surface area (Å²) in [6.07, 6.45) is -0.415. The Bertz CT molecular complexity index is 639. The SMILES string of the molecule is C=C(C)C(=O)OCCCC(=O)OC1C2CC3C1OC(=O)C3C2C(=O)O. The summed E-state index contributed by atoms with van der Waals surface area (Å²) in [5.74, 6) is -4.66. The highest BCUT2D eigenvalue weighted by Crippen LogP contribution is 2.58. The van der Waals surface area contributed by atoms with Crippen LogP contribution in [0.5, 0.6) is 0 Å². The second-order valence-electron chi connectivity index (χ2n) is 6.83. The molecule has 25 heavy (non-hydrogen) atoms. The molecule has 8 heteroatoms. The van der Waals surface area contributed by atoms with E-state index in [1.54, 1.807) is 0 Å². The number of hydrogen-bond donors (Lipinski definition) is 1. The second-order valence-corrected chi connectivity index (χ2v) is 6.83. The van der Waals surface area contributed by atoms with Crippen molar-refractivity contribution in [3.63, 3.8) is 0 Å². The number of carboxylic acid groups (broad SMARTS) is 1. The first-order chi connectivity index (χ1) is 11.8. The topological polar surface area (TPSA) is 116 Å². The van der Waals surface area contributed by atoms with Gasteiger partial charge in [0.15, 0.2) is 0 Å². The molecule has 1 saturated heterocycles. The van der Waals surface area contributed by atoms with Crippen LogP contribution in [0.25, 0.3) is 0 Å². The Morgan fingerprint density at radius 3 is 2.68 bits per heavy atom. The summed E-state index contributed by atoms with van der Waals surface area (Å²) in [7, 11) is 0. The molecular formula is C17H20O8. The van der Waals surface area contributed by atoms with Gasteiger partial charge in [-0.1, -0.05) is 6.58 Å². The highest BCUT2D eigenvalue weighted by molar-refractivity contribution is 5.87. The summed E-state index contributed by atoms with van der Waals surface area (Å²) in [5, 5.41) is 9.39. The summed E-state index contributed by atoms with van der Waals surface area (Å²) >= 11 is 0. The fraction of sp³-hybridized carbons (Fsp3) is 0.647. The van der Waals surface area contributed by atoms with E-state index in [2.05, 4.69) is 6.58 Å². The molecular weight excluding hydrogens is 332 g/mol. The van der Waals surface area contributed by atoms with Crippen molar-refractivity contribution < 1.29 is 38.5 Å². The molecule has 2 bridgehead atoms. The quantitative estimate of drug-likeness (QED) is 0.308. The first kappa shape index (κ1) is 17.4. The molecule has 0 spiro atoms. The van der Waals surface area contributed by atoms with Crippen LogP contribution >= 0.6 is 0 Å². The smallest absolute Gasteiger partial charge is 0.333 e. The highest BCUT2D eigenvalue weighted by atomic mass is 16.6. The van der Waals surface area contributed by atoms with E-state index >= 15 is 0 Å². The van der Waals surface area contributed by atoms with Crippen LogP contribution in [0.4, 0.5) is 0 Å². The molecule has 6 atom stereocenters. The molecule has 2 saturated carbocycles. The zero-order valence-electron chi connectivity index (χ0n) is 13.8. The van der Waals surface area contributed by atoms with Gasteiger partial charge in [-0.15, -0.1) is 0 Å². The van der Waals surface area contributed by atoms with Gasteiger partial charge in [-0.2, -0.15) is 0 Å². The Hall–Kier alpha value is -2.38. The average Bonchev–Trinajstić information content (AvgIpc) is 3.14. The largest absolute Gasteiger partial charge is 0.481 e. The zero-order chi connectivity index (χ0) is 18.3. The van der Waals surface area contributed by atoms with E-state index in [0.29, 0.717) is 6.42 Å². The monoisotopic (exact) mass is 352 g/mol. The number of ether oxygens (including phenoxy) is 3. The van der Waals surface area contributed by atoms with Gasteiger partial charge in [0.25, 0.3) is 0 Å². The molecule has 136 valence electrons. The van der Waals surface area contributed by atoms with Gasteiger partial charge >= 0.3 is 23.9 Å². The van der Waals surface area contributed by atoms with E-state index in [9.17, 15) is 24.3 Å². The first-order valence-corrected chi connectivity index (χ1v) is 8.26. The van der Waals surface area contributed by atoms with Crippen LogP contribution in [0.2, 0.25) is 0 Å². The average molecular weight is 352 g/mol. The predicted octanol–water partition coefficient (Wildman–Crippen LogP) is 0.690. The van der Waals surface area contributed by atoms with Crippen LogP contribution in [0.3, 0.4) is 0 Å². The van der Waals surface area contributed by atoms with Crippen molar-refractivity contribution in [3.8, 4) is 0 Å². The maximum Gasteiger partial charge on any atom is 0.333 e. The molecule has 1 aliphatic heterocycles. The molecule has 1 N–H and O–H groups in total. The van der Waals surface area contributed by atoms with E-state index in [-0.39, 0.29) is 30.9 Å². The van der Waals surface area contributed by atoms with Gasteiger partial charge in [-0.25, -0.2) is 4.79 Å². The van der Waals surface area contributed by atoms with Crippen molar-refractivity contribution in [2.45, 2.75) is 38.4 Å². The van der Waals surface area contributed by atoms with Crippen LogP contribution in [-0.4, -0.2) is 47.8 Å². The van der Waals surface area contributed by atoms with Gasteiger partial charge in [-0.3, -0.25) is 14.4 Å². The third-order valence-electron chi connectivity index (χ3n) is 5.21. The molecule has 8 nitrogen and oxygen atoms in total. The Balaban J connectivity index is 1.52. The molecule has 3 fully saturated rings. The maximum atomic E-state index is 12.0. The minimum Gasteiger partial charge on any atom is -0.481 e. The minimum absolute atomic E-state index is 0.0270. The number of hydrogen-bond acceptors (Lipinski definition) is 7. The summed E-state index contributed by atoms with van der Waals surface area (Å²) in [6.45, 7) is 5.05. The zero-order valence-corrected chi connectivity index (χ0v) is 13.8. The molecule has 3 rings (SSSR count). The van der Waals surface area contributed by atoms with E-state index in [4.69, 9.17) is 14.2 Å². The molecule has 3 aliphatic rings. The lowest BCUT2D eigenvalue weighted by Crippen LogP contribution is -2.43. The van der Waals surface area contributed by atoms with Gasteiger partial charge in [-0.05, 0) is 19.8 Å². The number of esters is 3. The fourth-order valence-electron chi connectivity index (χ4n) is 4.20. The molecule has 6 unspecified atom stereocenters. The van der Waals surface area contributed by atoms with E-state index in [1.165, 1.54) is 6.92 Å². The Morgan fingerprint density at radius 2 is 2.04 bits per heavy atom. The molecule has 0 aromatic carbocycles. The Kier molecular flexibility index (Phi) is 4.53. The second kappa shape index (κ2) is 6.50. The first-order valence-electron chi connectivity index (χ1n) is 8.26. The van der Waals surface area contributed by atoms with Crippen molar-refractivity contribution in [3.05, 3.63) is 12.2 Å². The van der Waals surface area contributed by atoms with Gasteiger partial charge in [0.2, 0.25) is 0 Å². The van der Waals surface area contributed by atoms with Gasteiger partial charge < -0.3 is 19.3 Å². The van der Waals surface area contributed by atoms with E-state index in [1.807, 2.05) is 0 Å². The Labute approximate surface area is 144 Å². The number of carbonyl (C=O) groups is 4. The van der Waals surface area contributed by atoms with Gasteiger partial charge in [0, 0.05) is 23.8 Å². The van der Waals surface area contributed by atoms with Crippen molar-refractivity contribution in [1.29, 1.82) is 0 Å². The van der Waals surface area contributed by atoms with Crippen LogP contribution < -0.4 is 0 Å². The number of carbonyl (C=O) groups excluding carboxylic acids is 3. The molecule has 0 amide bonds. The third-order valence-corrected chi connectivity index (χ3v) is 5.21. The lowest BCUT2D eigenvalue weighted by molar-refractivity contribution is -0.164. The van der Waals surface area contributed by atoms with Crippen LogP contribution in [0.15, 0.2) is 12.2 Å². The van der Waals surface area contributed by atoms with E-state index < -0.39 is 53.8 Å². The molecule has 1 heterocycles. The number of rotatable bonds is 7. The molecule has 0 aromatic rings. The van der Waals surface area contributed by atoms with Crippen molar-refractivity contribution in [1.82, 2.24) is 0 Å². The molecule has 0 radical (unpaired) electrons. The summed E-state index contributed by atoms with van der Waals surface area (Å²) in [6, 6.07) is 0. The number of fused-ring (bicyclic) bond motifs is 1.